The SMILES string of the molecule is Cc1cc2c(N3CCN(C(=O)c4ccc(C(F)(F)F)cc4)CC3)ncnc2s1. The number of halogens is 3. The molecule has 28 heavy (non-hydrogen) atoms. The lowest BCUT2D eigenvalue weighted by Crippen LogP contribution is -2.49. The predicted molar refractivity (Wildman–Crippen MR) is 102 cm³/mol. The number of hydrogen-bond donors (Lipinski definition) is 0. The van der Waals surface area contributed by atoms with E-state index in [0.717, 1.165) is 33.0 Å². The third-order valence-corrected chi connectivity index (χ3v) is 5.72. The molecule has 1 aromatic carbocycles. The fourth-order valence-electron chi connectivity index (χ4n) is 3.32. The molecule has 1 aliphatic rings. The lowest BCUT2D eigenvalue weighted by Gasteiger charge is -2.35. The lowest BCUT2D eigenvalue weighted by molar-refractivity contribution is -0.137. The van der Waals surface area contributed by atoms with Gasteiger partial charge in [-0.25, -0.2) is 9.97 Å². The lowest BCUT2D eigenvalue weighted by atomic mass is 10.1. The summed E-state index contributed by atoms with van der Waals surface area (Å²) >= 11 is 1.61. The van der Waals surface area contributed by atoms with Crippen molar-refractivity contribution < 1.29 is 18.0 Å². The highest BCUT2D eigenvalue weighted by molar-refractivity contribution is 7.18. The maximum atomic E-state index is 12.7. The van der Waals surface area contributed by atoms with Crippen LogP contribution in [0.2, 0.25) is 0 Å². The fourth-order valence-corrected chi connectivity index (χ4v) is 4.16. The monoisotopic (exact) mass is 406 g/mol. The molecule has 0 bridgehead atoms. The number of aromatic nitrogens is 2. The average Bonchev–Trinajstić information content (AvgIpc) is 3.07. The maximum absolute atomic E-state index is 12.7. The first kappa shape index (κ1) is 18.7. The highest BCUT2D eigenvalue weighted by Gasteiger charge is 2.31. The first-order valence-corrected chi connectivity index (χ1v) is 9.57. The molecule has 2 aromatic heterocycles. The number of nitrogens with zero attached hydrogens (tertiary/aromatic N) is 4. The molecule has 0 N–H and O–H groups in total. The van der Waals surface area contributed by atoms with E-state index >= 15 is 0 Å². The first-order chi connectivity index (χ1) is 13.3. The second kappa shape index (κ2) is 7.05. The topological polar surface area (TPSA) is 49.3 Å². The molecule has 3 aromatic rings. The molecule has 4 rings (SSSR count). The third kappa shape index (κ3) is 3.54. The van der Waals surface area contributed by atoms with Crippen molar-refractivity contribution in [1.82, 2.24) is 14.9 Å². The van der Waals surface area contributed by atoms with Crippen LogP contribution in [0.4, 0.5) is 19.0 Å². The molecule has 5 nitrogen and oxygen atoms in total. The van der Waals surface area contributed by atoms with Crippen molar-refractivity contribution in [3.05, 3.63) is 52.7 Å². The Kier molecular flexibility index (Phi) is 4.70. The summed E-state index contributed by atoms with van der Waals surface area (Å²) in [6.45, 7) is 4.19. The Labute approximate surface area is 163 Å². The van der Waals surface area contributed by atoms with Crippen LogP contribution in [-0.4, -0.2) is 47.0 Å². The number of rotatable bonds is 2. The number of amides is 1. The molecule has 0 spiro atoms. The first-order valence-electron chi connectivity index (χ1n) is 8.75. The maximum Gasteiger partial charge on any atom is 0.416 e. The van der Waals surface area contributed by atoms with Crippen molar-refractivity contribution in [3.63, 3.8) is 0 Å². The van der Waals surface area contributed by atoms with Crippen LogP contribution in [-0.2, 0) is 6.18 Å². The molecular formula is C19H17F3N4OS. The van der Waals surface area contributed by atoms with Gasteiger partial charge in [0, 0.05) is 36.6 Å². The second-order valence-electron chi connectivity index (χ2n) is 6.63. The van der Waals surface area contributed by atoms with Gasteiger partial charge in [-0.15, -0.1) is 11.3 Å². The van der Waals surface area contributed by atoms with E-state index in [1.807, 2.05) is 6.92 Å². The number of hydrogen-bond acceptors (Lipinski definition) is 5. The molecule has 9 heteroatoms. The normalized spacial score (nSPS) is 15.3. The van der Waals surface area contributed by atoms with Crippen LogP contribution in [0, 0.1) is 6.92 Å². The van der Waals surface area contributed by atoms with Crippen LogP contribution in [0.5, 0.6) is 0 Å². The zero-order valence-corrected chi connectivity index (χ0v) is 15.8. The van der Waals surface area contributed by atoms with Gasteiger partial charge in [-0.1, -0.05) is 0 Å². The van der Waals surface area contributed by atoms with Crippen molar-refractivity contribution in [1.29, 1.82) is 0 Å². The number of carbonyl (C=O) groups excluding carboxylic acids is 1. The van der Waals surface area contributed by atoms with Crippen LogP contribution < -0.4 is 4.90 Å². The van der Waals surface area contributed by atoms with Crippen LogP contribution in [0.1, 0.15) is 20.8 Å². The molecule has 3 heterocycles. The van der Waals surface area contributed by atoms with E-state index < -0.39 is 11.7 Å². The number of aryl methyl sites for hydroxylation is 1. The van der Waals surface area contributed by atoms with Crippen molar-refractivity contribution in [2.75, 3.05) is 31.1 Å². The van der Waals surface area contributed by atoms with Gasteiger partial charge in [-0.05, 0) is 37.3 Å². The van der Waals surface area contributed by atoms with Crippen LogP contribution in [0.3, 0.4) is 0 Å². The Balaban J connectivity index is 1.45. The third-order valence-electron chi connectivity index (χ3n) is 4.76. The van der Waals surface area contributed by atoms with Crippen molar-refractivity contribution in [3.8, 4) is 0 Å². The molecule has 0 radical (unpaired) electrons. The van der Waals surface area contributed by atoms with E-state index in [4.69, 9.17) is 0 Å². The van der Waals surface area contributed by atoms with Gasteiger partial charge in [0.1, 0.15) is 17.0 Å². The van der Waals surface area contributed by atoms with Crippen molar-refractivity contribution >= 4 is 33.3 Å². The Bertz CT molecular complexity index is 1010. The molecule has 1 fully saturated rings. The summed E-state index contributed by atoms with van der Waals surface area (Å²) in [7, 11) is 0. The average molecular weight is 406 g/mol. The van der Waals surface area contributed by atoms with E-state index in [-0.39, 0.29) is 11.5 Å². The Morgan fingerprint density at radius 1 is 1.07 bits per heavy atom. The molecule has 0 atom stereocenters. The number of thiophene rings is 1. The molecule has 0 saturated carbocycles. The van der Waals surface area contributed by atoms with Gasteiger partial charge in [0.15, 0.2) is 0 Å². The van der Waals surface area contributed by atoms with Gasteiger partial charge in [0.05, 0.1) is 10.9 Å². The van der Waals surface area contributed by atoms with Gasteiger partial charge in [0.2, 0.25) is 0 Å². The summed E-state index contributed by atoms with van der Waals surface area (Å²) in [6.07, 6.45) is -2.86. The summed E-state index contributed by atoms with van der Waals surface area (Å²) in [5, 5.41) is 1.01. The van der Waals surface area contributed by atoms with Gasteiger partial charge in [-0.2, -0.15) is 13.2 Å². The number of anilines is 1. The Morgan fingerprint density at radius 3 is 2.39 bits per heavy atom. The summed E-state index contributed by atoms with van der Waals surface area (Å²) < 4.78 is 38.0. The molecule has 146 valence electrons. The molecule has 1 aliphatic heterocycles. The van der Waals surface area contributed by atoms with Crippen molar-refractivity contribution in [2.24, 2.45) is 0 Å². The summed E-state index contributed by atoms with van der Waals surface area (Å²) in [4.78, 5) is 27.2. The smallest absolute Gasteiger partial charge is 0.352 e. The van der Waals surface area contributed by atoms with Gasteiger partial charge < -0.3 is 9.80 Å². The Morgan fingerprint density at radius 2 is 1.75 bits per heavy atom. The van der Waals surface area contributed by atoms with Gasteiger partial charge >= 0.3 is 6.18 Å². The minimum Gasteiger partial charge on any atom is -0.352 e. The minimum atomic E-state index is -4.41. The quantitative estimate of drug-likeness (QED) is 0.646. The number of benzene rings is 1. The van der Waals surface area contributed by atoms with E-state index in [1.165, 1.54) is 12.1 Å². The summed E-state index contributed by atoms with van der Waals surface area (Å²) in [5.41, 5.74) is -0.493. The van der Waals surface area contributed by atoms with Crippen molar-refractivity contribution in [2.45, 2.75) is 13.1 Å². The molecular weight excluding hydrogens is 389 g/mol. The van der Waals surface area contributed by atoms with Crippen LogP contribution in [0.15, 0.2) is 36.7 Å². The van der Waals surface area contributed by atoms with E-state index in [0.29, 0.717) is 26.2 Å². The van der Waals surface area contributed by atoms with Crippen LogP contribution in [0.25, 0.3) is 10.2 Å². The second-order valence-corrected chi connectivity index (χ2v) is 7.86. The zero-order chi connectivity index (χ0) is 19.9. The molecule has 1 saturated heterocycles. The zero-order valence-electron chi connectivity index (χ0n) is 15.0. The molecule has 0 unspecified atom stereocenters. The summed E-state index contributed by atoms with van der Waals surface area (Å²) in [6, 6.07) is 6.42. The standard InChI is InChI=1S/C19H17F3N4OS/c1-12-10-15-16(23-11-24-17(15)28-12)25-6-8-26(9-7-25)18(27)13-2-4-14(5-3-13)19(20,21)22/h2-5,10-11H,6-9H2,1H3. The van der Waals surface area contributed by atoms with E-state index in [1.54, 1.807) is 22.6 Å². The number of alkyl halides is 3. The highest BCUT2D eigenvalue weighted by Crippen LogP contribution is 2.31. The largest absolute Gasteiger partial charge is 0.416 e. The van der Waals surface area contributed by atoms with Crippen LogP contribution >= 0.6 is 11.3 Å². The van der Waals surface area contributed by atoms with Gasteiger partial charge in [-0.3, -0.25) is 4.79 Å². The summed E-state index contributed by atoms with van der Waals surface area (Å²) in [5.74, 6) is 0.601. The number of carbonyl (C=O) groups is 1. The van der Waals surface area contributed by atoms with E-state index in [2.05, 4.69) is 20.9 Å². The number of piperazine rings is 1. The fraction of sp³-hybridized carbons (Fsp3) is 0.316. The Hall–Kier alpha value is -2.68. The molecule has 1 amide bonds. The highest BCUT2D eigenvalue weighted by atomic mass is 32.1. The minimum absolute atomic E-state index is 0.257. The number of fused-ring (bicyclic) bond motifs is 1. The van der Waals surface area contributed by atoms with E-state index in [9.17, 15) is 18.0 Å². The molecule has 0 aliphatic carbocycles. The van der Waals surface area contributed by atoms with Gasteiger partial charge in [0.25, 0.3) is 5.91 Å². The predicted octanol–water partition coefficient (Wildman–Crippen LogP) is 3.98.